The van der Waals surface area contributed by atoms with Crippen molar-refractivity contribution in [2.75, 3.05) is 11.9 Å². The zero-order valence-corrected chi connectivity index (χ0v) is 10.8. The number of amides is 1. The molecular formula is C16H18N2O. The summed E-state index contributed by atoms with van der Waals surface area (Å²) in [6.07, 6.45) is 1.76. The molecule has 98 valence electrons. The van der Waals surface area contributed by atoms with E-state index in [1.165, 1.54) is 0 Å². The van der Waals surface area contributed by atoms with Gasteiger partial charge < -0.3 is 10.6 Å². The van der Waals surface area contributed by atoms with Crippen LogP contribution in [0, 0.1) is 0 Å². The summed E-state index contributed by atoms with van der Waals surface area (Å²) in [4.78, 5) is 10.1. The summed E-state index contributed by atoms with van der Waals surface area (Å²) < 4.78 is 0. The molecule has 3 heteroatoms. The van der Waals surface area contributed by atoms with E-state index in [-0.39, 0.29) is 5.91 Å². The van der Waals surface area contributed by atoms with Crippen LogP contribution in [0.15, 0.2) is 60.7 Å². The van der Waals surface area contributed by atoms with Gasteiger partial charge >= 0.3 is 0 Å². The monoisotopic (exact) mass is 254 g/mol. The fourth-order valence-corrected chi connectivity index (χ4v) is 1.77. The topological polar surface area (TPSA) is 41.1 Å². The highest BCUT2D eigenvalue weighted by atomic mass is 16.1. The molecule has 0 atom stereocenters. The van der Waals surface area contributed by atoms with Crippen LogP contribution in [0.1, 0.15) is 12.8 Å². The first kappa shape index (κ1) is 13.1. The largest absolute Gasteiger partial charge is 0.356 e. The van der Waals surface area contributed by atoms with E-state index in [9.17, 15) is 4.79 Å². The van der Waals surface area contributed by atoms with Crippen molar-refractivity contribution in [3.8, 4) is 0 Å². The van der Waals surface area contributed by atoms with Gasteiger partial charge in [0.25, 0.3) is 0 Å². The van der Waals surface area contributed by atoms with Gasteiger partial charge in [-0.1, -0.05) is 36.4 Å². The third kappa shape index (κ3) is 4.84. The lowest BCUT2D eigenvalue weighted by Crippen LogP contribution is -2.12. The standard InChI is InChI=1S/C12H11N.C4H7NO/c1-3-7-11(8-4-1)13-12-9-5-2-6-10-12;6-4-2-1-3-5-4/h1-10,13H;1-3H2,(H,5,6). The molecule has 1 amide bonds. The fourth-order valence-electron chi connectivity index (χ4n) is 1.77. The Balaban J connectivity index is 0.000000186. The highest BCUT2D eigenvalue weighted by Gasteiger charge is 2.05. The molecule has 0 unspecified atom stereocenters. The quantitative estimate of drug-likeness (QED) is 0.863. The van der Waals surface area contributed by atoms with E-state index >= 15 is 0 Å². The number of carbonyl (C=O) groups excluding carboxylic acids is 1. The molecule has 3 nitrogen and oxygen atoms in total. The number of hydrogen-bond donors (Lipinski definition) is 2. The van der Waals surface area contributed by atoms with Gasteiger partial charge in [0.2, 0.25) is 5.91 Å². The Labute approximate surface area is 113 Å². The molecule has 0 aromatic heterocycles. The summed E-state index contributed by atoms with van der Waals surface area (Å²) in [7, 11) is 0. The van der Waals surface area contributed by atoms with Crippen molar-refractivity contribution in [1.82, 2.24) is 5.32 Å². The Bertz CT molecular complexity index is 451. The molecule has 2 aromatic rings. The molecule has 0 radical (unpaired) electrons. The number of nitrogens with one attached hydrogen (secondary N) is 2. The fraction of sp³-hybridized carbons (Fsp3) is 0.188. The molecule has 2 aromatic carbocycles. The molecule has 1 saturated heterocycles. The summed E-state index contributed by atoms with van der Waals surface area (Å²) >= 11 is 0. The molecule has 0 saturated carbocycles. The van der Waals surface area contributed by atoms with Crippen LogP contribution >= 0.6 is 0 Å². The molecule has 19 heavy (non-hydrogen) atoms. The second-order valence-electron chi connectivity index (χ2n) is 4.31. The normalized spacial score (nSPS) is 13.2. The zero-order valence-electron chi connectivity index (χ0n) is 10.8. The molecule has 0 spiro atoms. The van der Waals surface area contributed by atoms with Gasteiger partial charge in [-0.2, -0.15) is 0 Å². The van der Waals surface area contributed by atoms with Crippen molar-refractivity contribution in [2.24, 2.45) is 0 Å². The van der Waals surface area contributed by atoms with Gasteiger partial charge in [0, 0.05) is 24.3 Å². The maximum atomic E-state index is 10.1. The van der Waals surface area contributed by atoms with Crippen LogP contribution in [0.3, 0.4) is 0 Å². The molecule has 1 fully saturated rings. The average molecular weight is 254 g/mol. The molecule has 0 bridgehead atoms. The minimum Gasteiger partial charge on any atom is -0.356 e. The summed E-state index contributed by atoms with van der Waals surface area (Å²) in [5, 5.41) is 5.98. The Hall–Kier alpha value is -2.29. The van der Waals surface area contributed by atoms with Gasteiger partial charge in [0.15, 0.2) is 0 Å². The zero-order chi connectivity index (χ0) is 13.3. The number of benzene rings is 2. The Kier molecular flexibility index (Phi) is 4.99. The van der Waals surface area contributed by atoms with Crippen LogP contribution in [0.25, 0.3) is 0 Å². The van der Waals surface area contributed by atoms with Crippen molar-refractivity contribution < 1.29 is 4.79 Å². The first-order chi connectivity index (χ1) is 9.34. The lowest BCUT2D eigenvalue weighted by Gasteiger charge is -2.04. The van der Waals surface area contributed by atoms with E-state index < -0.39 is 0 Å². The molecular weight excluding hydrogens is 236 g/mol. The Morgan fingerprint density at radius 3 is 1.68 bits per heavy atom. The predicted octanol–water partition coefficient (Wildman–Crippen LogP) is 3.33. The molecule has 3 rings (SSSR count). The van der Waals surface area contributed by atoms with E-state index in [0.717, 1.165) is 30.8 Å². The summed E-state index contributed by atoms with van der Waals surface area (Å²) in [5.74, 6) is 0.204. The summed E-state index contributed by atoms with van der Waals surface area (Å²) in [5.41, 5.74) is 2.24. The van der Waals surface area contributed by atoms with Crippen LogP contribution in [0.4, 0.5) is 11.4 Å². The van der Waals surface area contributed by atoms with Crippen LogP contribution < -0.4 is 10.6 Å². The Morgan fingerprint density at radius 2 is 1.37 bits per heavy atom. The molecule has 1 heterocycles. The minimum atomic E-state index is 0.204. The van der Waals surface area contributed by atoms with Gasteiger partial charge in [-0.3, -0.25) is 4.79 Å². The Morgan fingerprint density at radius 1 is 0.842 bits per heavy atom. The number of carbonyl (C=O) groups is 1. The van der Waals surface area contributed by atoms with Crippen molar-refractivity contribution in [3.05, 3.63) is 60.7 Å². The van der Waals surface area contributed by atoms with Crippen molar-refractivity contribution in [2.45, 2.75) is 12.8 Å². The lowest BCUT2D eigenvalue weighted by atomic mass is 10.3. The van der Waals surface area contributed by atoms with Crippen molar-refractivity contribution >= 4 is 17.3 Å². The van der Waals surface area contributed by atoms with Gasteiger partial charge in [-0.25, -0.2) is 0 Å². The number of hydrogen-bond acceptors (Lipinski definition) is 2. The summed E-state index contributed by atoms with van der Waals surface area (Å²) in [6.45, 7) is 0.888. The number of rotatable bonds is 2. The molecule has 1 aliphatic rings. The highest BCUT2D eigenvalue weighted by Crippen LogP contribution is 2.14. The minimum absolute atomic E-state index is 0.204. The average Bonchev–Trinajstić information content (AvgIpc) is 2.93. The van der Waals surface area contributed by atoms with Gasteiger partial charge in [0.1, 0.15) is 0 Å². The lowest BCUT2D eigenvalue weighted by molar-refractivity contribution is -0.119. The second kappa shape index (κ2) is 7.21. The maximum Gasteiger partial charge on any atom is 0.220 e. The predicted molar refractivity (Wildman–Crippen MR) is 78.4 cm³/mol. The van der Waals surface area contributed by atoms with Gasteiger partial charge in [-0.05, 0) is 30.7 Å². The van der Waals surface area contributed by atoms with Crippen molar-refractivity contribution in [1.29, 1.82) is 0 Å². The van der Waals surface area contributed by atoms with Gasteiger partial charge in [-0.15, -0.1) is 0 Å². The van der Waals surface area contributed by atoms with Crippen LogP contribution in [-0.4, -0.2) is 12.5 Å². The maximum absolute atomic E-state index is 10.1. The van der Waals surface area contributed by atoms with E-state index in [2.05, 4.69) is 10.6 Å². The SMILES string of the molecule is O=C1CCCN1.c1ccc(Nc2ccccc2)cc1. The van der Waals surface area contributed by atoms with Crippen LogP contribution in [-0.2, 0) is 4.79 Å². The second-order valence-corrected chi connectivity index (χ2v) is 4.31. The van der Waals surface area contributed by atoms with Crippen LogP contribution in [0.2, 0.25) is 0 Å². The summed E-state index contributed by atoms with van der Waals surface area (Å²) in [6, 6.07) is 20.3. The van der Waals surface area contributed by atoms with Crippen molar-refractivity contribution in [3.63, 3.8) is 0 Å². The van der Waals surface area contributed by atoms with Gasteiger partial charge in [0.05, 0.1) is 0 Å². The third-order valence-corrected chi connectivity index (χ3v) is 2.74. The van der Waals surface area contributed by atoms with E-state index in [1.807, 2.05) is 60.7 Å². The number of para-hydroxylation sites is 2. The molecule has 1 aliphatic heterocycles. The first-order valence-corrected chi connectivity index (χ1v) is 6.48. The molecule has 0 aliphatic carbocycles. The first-order valence-electron chi connectivity index (χ1n) is 6.48. The van der Waals surface area contributed by atoms with E-state index in [1.54, 1.807) is 0 Å². The highest BCUT2D eigenvalue weighted by molar-refractivity contribution is 5.77. The van der Waals surface area contributed by atoms with Crippen LogP contribution in [0.5, 0.6) is 0 Å². The molecule has 2 N–H and O–H groups in total. The number of anilines is 2. The van der Waals surface area contributed by atoms with E-state index in [4.69, 9.17) is 0 Å². The smallest absolute Gasteiger partial charge is 0.220 e. The van der Waals surface area contributed by atoms with E-state index in [0.29, 0.717) is 0 Å². The third-order valence-electron chi connectivity index (χ3n) is 2.74.